The molecule has 78 valence electrons. The fourth-order valence-electron chi connectivity index (χ4n) is 1.72. The van der Waals surface area contributed by atoms with Gasteiger partial charge in [-0.3, -0.25) is 0 Å². The molecule has 0 amide bonds. The predicted molar refractivity (Wildman–Crippen MR) is 55.2 cm³/mol. The Hall–Kier alpha value is -0.610. The summed E-state index contributed by atoms with van der Waals surface area (Å²) < 4.78 is 1.92. The van der Waals surface area contributed by atoms with E-state index >= 15 is 0 Å². The van der Waals surface area contributed by atoms with E-state index in [1.807, 2.05) is 11.6 Å². The first-order valence-corrected chi connectivity index (χ1v) is 5.43. The van der Waals surface area contributed by atoms with Gasteiger partial charge in [0, 0.05) is 19.0 Å². The van der Waals surface area contributed by atoms with Gasteiger partial charge in [0.05, 0.1) is 5.38 Å². The number of rotatable bonds is 2. The van der Waals surface area contributed by atoms with Gasteiger partial charge in [-0.15, -0.1) is 11.6 Å². The Morgan fingerprint density at radius 1 is 1.71 bits per heavy atom. The Balaban J connectivity index is 2.21. The molecule has 1 aromatic heterocycles. The molecule has 4 nitrogen and oxygen atoms in total. The maximum atomic E-state index is 6.14. The van der Waals surface area contributed by atoms with Crippen LogP contribution < -0.4 is 5.73 Å². The Morgan fingerprint density at radius 2 is 2.50 bits per heavy atom. The molecule has 2 rings (SSSR count). The Kier molecular flexibility index (Phi) is 2.74. The van der Waals surface area contributed by atoms with Crippen molar-refractivity contribution in [3.8, 4) is 0 Å². The fourth-order valence-corrected chi connectivity index (χ4v) is 2.04. The molecule has 1 aliphatic rings. The van der Waals surface area contributed by atoms with Crippen molar-refractivity contribution in [1.29, 1.82) is 0 Å². The van der Waals surface area contributed by atoms with E-state index in [1.165, 1.54) is 0 Å². The van der Waals surface area contributed by atoms with Crippen molar-refractivity contribution < 1.29 is 0 Å². The molecule has 2 atom stereocenters. The summed E-state index contributed by atoms with van der Waals surface area (Å²) in [5, 5.41) is 4.41. The number of halogens is 1. The van der Waals surface area contributed by atoms with E-state index in [1.54, 1.807) is 0 Å². The third-order valence-electron chi connectivity index (χ3n) is 2.36. The van der Waals surface area contributed by atoms with E-state index in [0.29, 0.717) is 0 Å². The molecule has 1 aromatic rings. The van der Waals surface area contributed by atoms with Crippen molar-refractivity contribution in [2.75, 3.05) is 0 Å². The number of aryl methyl sites for hydroxylation is 1. The minimum atomic E-state index is 0.0260. The highest BCUT2D eigenvalue weighted by Gasteiger charge is 2.22. The first kappa shape index (κ1) is 9.93. The van der Waals surface area contributed by atoms with Gasteiger partial charge in [-0.2, -0.15) is 5.10 Å². The molecule has 0 bridgehead atoms. The molecule has 0 radical (unpaired) electrons. The summed E-state index contributed by atoms with van der Waals surface area (Å²) in [6.07, 6.45) is 2.81. The topological polar surface area (TPSA) is 56.7 Å². The van der Waals surface area contributed by atoms with Gasteiger partial charge in [0.2, 0.25) is 0 Å². The molecular formula is C9H15ClN4. The predicted octanol–water partition coefficient (Wildman–Crippen LogP) is 1.24. The molecule has 2 heterocycles. The number of fused-ring (bicyclic) bond motifs is 1. The van der Waals surface area contributed by atoms with Crippen molar-refractivity contribution >= 4 is 11.6 Å². The molecule has 0 fully saturated rings. The largest absolute Gasteiger partial charge is 0.328 e. The third kappa shape index (κ3) is 1.91. The maximum absolute atomic E-state index is 6.14. The van der Waals surface area contributed by atoms with Crippen molar-refractivity contribution in [3.63, 3.8) is 0 Å². The molecule has 14 heavy (non-hydrogen) atoms. The van der Waals surface area contributed by atoms with Crippen LogP contribution in [0, 0.1) is 0 Å². The number of alkyl halides is 1. The van der Waals surface area contributed by atoms with Crippen LogP contribution in [0.3, 0.4) is 0 Å². The van der Waals surface area contributed by atoms with Crippen molar-refractivity contribution in [3.05, 3.63) is 11.6 Å². The van der Waals surface area contributed by atoms with Crippen molar-refractivity contribution in [1.82, 2.24) is 14.8 Å². The highest BCUT2D eigenvalue weighted by Crippen LogP contribution is 2.28. The van der Waals surface area contributed by atoms with Gasteiger partial charge in [-0.25, -0.2) is 9.67 Å². The van der Waals surface area contributed by atoms with Gasteiger partial charge in [0.15, 0.2) is 5.82 Å². The van der Waals surface area contributed by atoms with Gasteiger partial charge < -0.3 is 5.73 Å². The molecule has 0 saturated heterocycles. The quantitative estimate of drug-likeness (QED) is 0.754. The van der Waals surface area contributed by atoms with Crippen LogP contribution in [-0.4, -0.2) is 20.8 Å². The second-order valence-corrected chi connectivity index (χ2v) is 4.43. The Bertz CT molecular complexity index is 321. The van der Waals surface area contributed by atoms with E-state index < -0.39 is 0 Å². The van der Waals surface area contributed by atoms with Crippen LogP contribution in [0.15, 0.2) is 0 Å². The van der Waals surface area contributed by atoms with Gasteiger partial charge in [-0.05, 0) is 19.8 Å². The molecule has 2 N–H and O–H groups in total. The first-order valence-electron chi connectivity index (χ1n) is 5.00. The smallest absolute Gasteiger partial charge is 0.152 e. The standard InChI is InChI=1S/C9H15ClN4/c1-6(11)5-8-12-9-7(10)3-2-4-14(9)13-8/h6-7H,2-5,11H2,1H3. The maximum Gasteiger partial charge on any atom is 0.152 e. The summed E-state index contributed by atoms with van der Waals surface area (Å²) in [4.78, 5) is 4.41. The Labute approximate surface area is 88.5 Å². The number of aromatic nitrogens is 3. The SMILES string of the molecule is CC(N)Cc1nc2n(n1)CCCC2Cl. The average Bonchev–Trinajstić information content (AvgIpc) is 2.47. The first-order chi connectivity index (χ1) is 6.66. The zero-order chi connectivity index (χ0) is 10.1. The van der Waals surface area contributed by atoms with Crippen LogP contribution in [0.1, 0.15) is 36.8 Å². The summed E-state index contributed by atoms with van der Waals surface area (Å²) >= 11 is 6.14. The normalized spacial score (nSPS) is 23.2. The zero-order valence-electron chi connectivity index (χ0n) is 8.28. The van der Waals surface area contributed by atoms with E-state index in [4.69, 9.17) is 17.3 Å². The molecule has 0 aromatic carbocycles. The van der Waals surface area contributed by atoms with Crippen LogP contribution in [0.2, 0.25) is 0 Å². The molecular weight excluding hydrogens is 200 g/mol. The number of nitrogens with two attached hydrogens (primary N) is 1. The molecule has 0 aliphatic carbocycles. The average molecular weight is 215 g/mol. The van der Waals surface area contributed by atoms with E-state index in [-0.39, 0.29) is 11.4 Å². The summed E-state index contributed by atoms with van der Waals surface area (Å²) in [5.41, 5.74) is 5.69. The molecule has 5 heteroatoms. The molecule has 0 saturated carbocycles. The number of hydrogen-bond donors (Lipinski definition) is 1. The molecule has 2 unspecified atom stereocenters. The fraction of sp³-hybridized carbons (Fsp3) is 0.778. The summed E-state index contributed by atoms with van der Waals surface area (Å²) in [6.45, 7) is 2.89. The van der Waals surface area contributed by atoms with Crippen LogP contribution in [-0.2, 0) is 13.0 Å². The number of nitrogens with zero attached hydrogens (tertiary/aromatic N) is 3. The monoisotopic (exact) mass is 214 g/mol. The van der Waals surface area contributed by atoms with Crippen LogP contribution in [0.25, 0.3) is 0 Å². The van der Waals surface area contributed by atoms with E-state index in [2.05, 4.69) is 10.1 Å². The van der Waals surface area contributed by atoms with E-state index in [0.717, 1.165) is 37.5 Å². The second-order valence-electron chi connectivity index (χ2n) is 3.90. The minimum Gasteiger partial charge on any atom is -0.328 e. The summed E-state index contributed by atoms with van der Waals surface area (Å²) in [6, 6.07) is 0.105. The molecule has 1 aliphatic heterocycles. The van der Waals surface area contributed by atoms with Crippen LogP contribution in [0.5, 0.6) is 0 Å². The van der Waals surface area contributed by atoms with Gasteiger partial charge in [0.25, 0.3) is 0 Å². The lowest BCUT2D eigenvalue weighted by atomic mass is 10.2. The van der Waals surface area contributed by atoms with Crippen LogP contribution >= 0.6 is 11.6 Å². The lowest BCUT2D eigenvalue weighted by molar-refractivity contribution is 0.468. The van der Waals surface area contributed by atoms with Gasteiger partial charge >= 0.3 is 0 Å². The summed E-state index contributed by atoms with van der Waals surface area (Å²) in [7, 11) is 0. The third-order valence-corrected chi connectivity index (χ3v) is 2.77. The summed E-state index contributed by atoms with van der Waals surface area (Å²) in [5.74, 6) is 1.73. The zero-order valence-corrected chi connectivity index (χ0v) is 9.04. The van der Waals surface area contributed by atoms with Crippen molar-refractivity contribution in [2.45, 2.75) is 44.1 Å². The molecule has 0 spiro atoms. The van der Waals surface area contributed by atoms with Gasteiger partial charge in [-0.1, -0.05) is 0 Å². The highest BCUT2D eigenvalue weighted by atomic mass is 35.5. The lowest BCUT2D eigenvalue weighted by Crippen LogP contribution is -2.18. The number of hydrogen-bond acceptors (Lipinski definition) is 3. The lowest BCUT2D eigenvalue weighted by Gasteiger charge is -2.15. The Morgan fingerprint density at radius 3 is 3.14 bits per heavy atom. The minimum absolute atomic E-state index is 0.0260. The van der Waals surface area contributed by atoms with E-state index in [9.17, 15) is 0 Å². The van der Waals surface area contributed by atoms with Crippen molar-refractivity contribution in [2.24, 2.45) is 5.73 Å². The van der Waals surface area contributed by atoms with Crippen LogP contribution in [0.4, 0.5) is 0 Å². The van der Waals surface area contributed by atoms with Gasteiger partial charge in [0.1, 0.15) is 5.82 Å². The highest BCUT2D eigenvalue weighted by molar-refractivity contribution is 6.20. The second kappa shape index (κ2) is 3.87.